The number of aromatic carboxylic acids is 1. The fourth-order valence-electron chi connectivity index (χ4n) is 1.44. The smallest absolute Gasteiger partial charge is 0.347 e. The Morgan fingerprint density at radius 2 is 2.35 bits per heavy atom. The SMILES string of the molecule is COCc1nc(-c2sccc2C)sc1C(=O)O. The molecule has 0 aromatic carbocycles. The van der Waals surface area contributed by atoms with Crippen molar-refractivity contribution in [2.45, 2.75) is 13.5 Å². The molecule has 6 heteroatoms. The number of nitrogens with zero attached hydrogens (tertiary/aromatic N) is 1. The van der Waals surface area contributed by atoms with E-state index in [1.54, 1.807) is 11.3 Å². The highest BCUT2D eigenvalue weighted by atomic mass is 32.1. The van der Waals surface area contributed by atoms with Gasteiger partial charge >= 0.3 is 5.97 Å². The number of carbonyl (C=O) groups is 1. The lowest BCUT2D eigenvalue weighted by Gasteiger charge is -1.94. The maximum atomic E-state index is 11.1. The Hall–Kier alpha value is -1.24. The third-order valence-corrected chi connectivity index (χ3v) is 4.48. The van der Waals surface area contributed by atoms with Crippen LogP contribution in [0.15, 0.2) is 11.4 Å². The normalized spacial score (nSPS) is 10.7. The summed E-state index contributed by atoms with van der Waals surface area (Å²) in [4.78, 5) is 16.7. The van der Waals surface area contributed by atoms with Gasteiger partial charge in [-0.2, -0.15) is 0 Å². The Balaban J connectivity index is 2.47. The fourth-order valence-corrected chi connectivity index (χ4v) is 3.43. The summed E-state index contributed by atoms with van der Waals surface area (Å²) in [6.45, 7) is 2.21. The molecule has 2 heterocycles. The first-order valence-electron chi connectivity index (χ1n) is 4.90. The molecule has 90 valence electrons. The van der Waals surface area contributed by atoms with Crippen LogP contribution in [0, 0.1) is 6.92 Å². The zero-order valence-corrected chi connectivity index (χ0v) is 11.0. The fraction of sp³-hybridized carbons (Fsp3) is 0.273. The Morgan fingerprint density at radius 3 is 2.88 bits per heavy atom. The zero-order valence-electron chi connectivity index (χ0n) is 9.39. The Bertz CT molecular complexity index is 545. The van der Waals surface area contributed by atoms with Crippen LogP contribution in [0.25, 0.3) is 9.88 Å². The summed E-state index contributed by atoms with van der Waals surface area (Å²) < 4.78 is 4.96. The minimum atomic E-state index is -0.949. The second-order valence-electron chi connectivity index (χ2n) is 3.47. The van der Waals surface area contributed by atoms with Gasteiger partial charge in [-0.15, -0.1) is 22.7 Å². The first-order valence-corrected chi connectivity index (χ1v) is 6.59. The van der Waals surface area contributed by atoms with Gasteiger partial charge in [-0.25, -0.2) is 9.78 Å². The van der Waals surface area contributed by atoms with Crippen molar-refractivity contribution in [3.05, 3.63) is 27.6 Å². The molecule has 0 aliphatic carbocycles. The minimum absolute atomic E-state index is 0.225. The van der Waals surface area contributed by atoms with Gasteiger partial charge in [-0.3, -0.25) is 0 Å². The minimum Gasteiger partial charge on any atom is -0.477 e. The largest absolute Gasteiger partial charge is 0.477 e. The number of aryl methyl sites for hydroxylation is 1. The van der Waals surface area contributed by atoms with Crippen LogP contribution in [0.5, 0.6) is 0 Å². The molecule has 2 aromatic heterocycles. The van der Waals surface area contributed by atoms with E-state index in [4.69, 9.17) is 9.84 Å². The van der Waals surface area contributed by atoms with Crippen molar-refractivity contribution in [1.29, 1.82) is 0 Å². The van der Waals surface area contributed by atoms with Crippen molar-refractivity contribution in [3.63, 3.8) is 0 Å². The van der Waals surface area contributed by atoms with Crippen LogP contribution in [0.4, 0.5) is 0 Å². The molecule has 0 aliphatic rings. The number of methoxy groups -OCH3 is 1. The van der Waals surface area contributed by atoms with Crippen LogP contribution < -0.4 is 0 Å². The quantitative estimate of drug-likeness (QED) is 0.926. The molecular weight excluding hydrogens is 258 g/mol. The zero-order chi connectivity index (χ0) is 12.4. The van der Waals surface area contributed by atoms with Gasteiger partial charge in [0.15, 0.2) is 0 Å². The first kappa shape index (κ1) is 12.2. The van der Waals surface area contributed by atoms with Crippen molar-refractivity contribution in [1.82, 2.24) is 4.98 Å². The Morgan fingerprint density at radius 1 is 1.59 bits per heavy atom. The van der Waals surface area contributed by atoms with Gasteiger partial charge in [0.2, 0.25) is 0 Å². The molecule has 0 amide bonds. The predicted octanol–water partition coefficient (Wildman–Crippen LogP) is 3.02. The maximum Gasteiger partial charge on any atom is 0.347 e. The molecule has 0 unspecified atom stereocenters. The number of ether oxygens (including phenoxy) is 1. The van der Waals surface area contributed by atoms with E-state index in [0.717, 1.165) is 15.4 Å². The molecule has 0 radical (unpaired) electrons. The van der Waals surface area contributed by atoms with Crippen molar-refractivity contribution in [3.8, 4) is 9.88 Å². The summed E-state index contributed by atoms with van der Waals surface area (Å²) in [5.41, 5.74) is 1.61. The van der Waals surface area contributed by atoms with Crippen molar-refractivity contribution >= 4 is 28.6 Å². The third kappa shape index (κ3) is 2.38. The lowest BCUT2D eigenvalue weighted by atomic mass is 10.3. The van der Waals surface area contributed by atoms with E-state index < -0.39 is 5.97 Å². The molecule has 0 saturated heterocycles. The van der Waals surface area contributed by atoms with Gasteiger partial charge in [-0.05, 0) is 23.9 Å². The van der Waals surface area contributed by atoms with Gasteiger partial charge in [0, 0.05) is 7.11 Å². The summed E-state index contributed by atoms with van der Waals surface area (Å²) in [7, 11) is 1.53. The maximum absolute atomic E-state index is 11.1. The van der Waals surface area contributed by atoms with Crippen LogP contribution in [-0.4, -0.2) is 23.2 Å². The van der Waals surface area contributed by atoms with E-state index >= 15 is 0 Å². The molecule has 4 nitrogen and oxygen atoms in total. The molecule has 0 atom stereocenters. The third-order valence-electron chi connectivity index (χ3n) is 2.23. The molecule has 0 bridgehead atoms. The van der Waals surface area contributed by atoms with Gasteiger partial charge < -0.3 is 9.84 Å². The number of hydrogen-bond donors (Lipinski definition) is 1. The van der Waals surface area contributed by atoms with E-state index in [1.165, 1.54) is 18.4 Å². The number of hydrogen-bond acceptors (Lipinski definition) is 5. The summed E-state index contributed by atoms with van der Waals surface area (Å²) >= 11 is 2.77. The number of thiazole rings is 1. The highest BCUT2D eigenvalue weighted by molar-refractivity contribution is 7.22. The van der Waals surface area contributed by atoms with Crippen molar-refractivity contribution < 1.29 is 14.6 Å². The highest BCUT2D eigenvalue weighted by Crippen LogP contribution is 2.34. The molecule has 0 aliphatic heterocycles. The van der Waals surface area contributed by atoms with Crippen LogP contribution in [0.1, 0.15) is 20.9 Å². The number of aromatic nitrogens is 1. The molecule has 1 N–H and O–H groups in total. The molecule has 2 rings (SSSR count). The lowest BCUT2D eigenvalue weighted by molar-refractivity contribution is 0.0697. The standard InChI is InChI=1S/C11H11NO3S2/c1-6-3-4-16-8(6)10-12-7(5-15-2)9(17-10)11(13)14/h3-4H,5H2,1-2H3,(H,13,14). The summed E-state index contributed by atoms with van der Waals surface area (Å²) in [5, 5.41) is 11.8. The monoisotopic (exact) mass is 269 g/mol. The predicted molar refractivity (Wildman–Crippen MR) is 67.8 cm³/mol. The van der Waals surface area contributed by atoms with E-state index in [0.29, 0.717) is 5.69 Å². The van der Waals surface area contributed by atoms with E-state index in [1.807, 2.05) is 18.4 Å². The highest BCUT2D eigenvalue weighted by Gasteiger charge is 2.19. The first-order chi connectivity index (χ1) is 8.13. The van der Waals surface area contributed by atoms with Crippen LogP contribution >= 0.6 is 22.7 Å². The van der Waals surface area contributed by atoms with Crippen LogP contribution in [0.3, 0.4) is 0 Å². The van der Waals surface area contributed by atoms with Gasteiger partial charge in [0.1, 0.15) is 9.88 Å². The molecule has 2 aromatic rings. The lowest BCUT2D eigenvalue weighted by Crippen LogP contribution is -1.99. The van der Waals surface area contributed by atoms with Crippen LogP contribution in [-0.2, 0) is 11.3 Å². The summed E-state index contributed by atoms with van der Waals surface area (Å²) in [6, 6.07) is 2.00. The summed E-state index contributed by atoms with van der Waals surface area (Å²) in [6.07, 6.45) is 0. The van der Waals surface area contributed by atoms with Crippen molar-refractivity contribution in [2.24, 2.45) is 0 Å². The van der Waals surface area contributed by atoms with Crippen LogP contribution in [0.2, 0.25) is 0 Å². The van der Waals surface area contributed by atoms with Gasteiger partial charge in [0.25, 0.3) is 0 Å². The average molecular weight is 269 g/mol. The number of thiophene rings is 1. The second-order valence-corrected chi connectivity index (χ2v) is 5.38. The molecular formula is C11H11NO3S2. The second kappa shape index (κ2) is 4.95. The number of carboxylic acids is 1. The van der Waals surface area contributed by atoms with E-state index in [9.17, 15) is 4.79 Å². The molecule has 0 saturated carbocycles. The molecule has 0 spiro atoms. The van der Waals surface area contributed by atoms with Gasteiger partial charge in [0.05, 0.1) is 17.2 Å². The molecule has 17 heavy (non-hydrogen) atoms. The van der Waals surface area contributed by atoms with E-state index in [-0.39, 0.29) is 11.5 Å². The number of carboxylic acid groups (broad SMARTS) is 1. The molecule has 0 fully saturated rings. The average Bonchev–Trinajstić information content (AvgIpc) is 2.84. The summed E-state index contributed by atoms with van der Waals surface area (Å²) in [5.74, 6) is -0.949. The van der Waals surface area contributed by atoms with E-state index in [2.05, 4.69) is 4.98 Å². The Labute approximate surface area is 107 Å². The topological polar surface area (TPSA) is 59.4 Å². The van der Waals surface area contributed by atoms with Gasteiger partial charge in [-0.1, -0.05) is 0 Å². The van der Waals surface area contributed by atoms with Crippen molar-refractivity contribution in [2.75, 3.05) is 7.11 Å². The Kier molecular flexibility index (Phi) is 3.56. The number of rotatable bonds is 4.